The molecular formula is C13H20F3NO2. The lowest BCUT2D eigenvalue weighted by Crippen LogP contribution is -2.17. The molecule has 0 unspecified atom stereocenters. The lowest BCUT2D eigenvalue weighted by Gasteiger charge is -2.07. The van der Waals surface area contributed by atoms with E-state index < -0.39 is 11.7 Å². The number of hydrogen-bond acceptors (Lipinski definition) is 3. The third-order valence-corrected chi connectivity index (χ3v) is 2.13. The molecule has 0 aliphatic carbocycles. The van der Waals surface area contributed by atoms with Gasteiger partial charge in [0, 0.05) is 13.7 Å². The van der Waals surface area contributed by atoms with Crippen molar-refractivity contribution in [1.29, 1.82) is 0 Å². The average molecular weight is 279 g/mol. The Morgan fingerprint density at radius 3 is 2.37 bits per heavy atom. The Bertz CT molecular complexity index is 339. The molecule has 19 heavy (non-hydrogen) atoms. The van der Waals surface area contributed by atoms with Crippen molar-refractivity contribution in [3.63, 3.8) is 0 Å². The Hall–Kier alpha value is -1.27. The van der Waals surface area contributed by atoms with E-state index in [1.54, 1.807) is 7.11 Å². The summed E-state index contributed by atoms with van der Waals surface area (Å²) in [5.74, 6) is 0.213. The van der Waals surface area contributed by atoms with Crippen LogP contribution in [-0.4, -0.2) is 33.9 Å². The topological polar surface area (TPSA) is 30.5 Å². The molecular weight excluding hydrogens is 259 g/mol. The molecule has 1 rings (SSSR count). The van der Waals surface area contributed by atoms with Crippen LogP contribution in [0.15, 0.2) is 24.3 Å². The van der Waals surface area contributed by atoms with Gasteiger partial charge in [-0.3, -0.25) is 0 Å². The Balaban J connectivity index is 0.000000399. The summed E-state index contributed by atoms with van der Waals surface area (Å²) in [6.45, 7) is 4.89. The number of halogens is 3. The summed E-state index contributed by atoms with van der Waals surface area (Å²) in [4.78, 5) is 0. The van der Waals surface area contributed by atoms with Crippen LogP contribution < -0.4 is 10.1 Å². The van der Waals surface area contributed by atoms with Gasteiger partial charge >= 0.3 is 6.18 Å². The third-order valence-electron chi connectivity index (χ3n) is 2.13. The number of methoxy groups -OCH3 is 2. The highest BCUT2D eigenvalue weighted by atomic mass is 19.4. The molecule has 0 aliphatic rings. The van der Waals surface area contributed by atoms with Gasteiger partial charge in [0.25, 0.3) is 0 Å². The molecule has 110 valence electrons. The summed E-state index contributed by atoms with van der Waals surface area (Å²) < 4.78 is 45.6. The van der Waals surface area contributed by atoms with Crippen LogP contribution in [0.25, 0.3) is 0 Å². The van der Waals surface area contributed by atoms with Crippen LogP contribution in [-0.2, 0) is 10.9 Å². The Labute approximate surface area is 111 Å². The second kappa shape index (κ2) is 9.63. The molecule has 0 heterocycles. The summed E-state index contributed by atoms with van der Waals surface area (Å²) in [5.41, 5.74) is -0.693. The molecule has 0 saturated carbocycles. The van der Waals surface area contributed by atoms with Crippen molar-refractivity contribution in [1.82, 2.24) is 5.32 Å². The predicted octanol–water partition coefficient (Wildman–Crippen LogP) is 2.96. The van der Waals surface area contributed by atoms with Gasteiger partial charge in [-0.05, 0) is 24.7 Å². The second-order valence-electron chi connectivity index (χ2n) is 3.58. The fourth-order valence-corrected chi connectivity index (χ4v) is 1.15. The van der Waals surface area contributed by atoms with E-state index in [9.17, 15) is 13.2 Å². The number of benzene rings is 1. The number of hydrogen-bond donors (Lipinski definition) is 1. The first-order valence-corrected chi connectivity index (χ1v) is 5.86. The standard InChI is InChI=1S/C8H7F3O.C5H13NO/c1-12-7-4-2-3-6(5-7)8(9,10)11;1-3-6-4-5-7-2/h2-5H,1H3;6H,3-5H2,1-2H3. The smallest absolute Gasteiger partial charge is 0.416 e. The van der Waals surface area contributed by atoms with Crippen molar-refractivity contribution in [2.45, 2.75) is 13.1 Å². The van der Waals surface area contributed by atoms with E-state index in [0.717, 1.165) is 31.8 Å². The second-order valence-corrected chi connectivity index (χ2v) is 3.58. The van der Waals surface area contributed by atoms with Crippen LogP contribution in [0.3, 0.4) is 0 Å². The fourth-order valence-electron chi connectivity index (χ4n) is 1.15. The molecule has 0 atom stereocenters. The van der Waals surface area contributed by atoms with E-state index in [1.165, 1.54) is 19.2 Å². The number of rotatable bonds is 5. The maximum atomic E-state index is 12.0. The number of ether oxygens (including phenoxy) is 2. The highest BCUT2D eigenvalue weighted by Gasteiger charge is 2.30. The maximum absolute atomic E-state index is 12.0. The Kier molecular flexibility index (Phi) is 8.99. The first-order valence-electron chi connectivity index (χ1n) is 5.86. The van der Waals surface area contributed by atoms with Crippen molar-refractivity contribution < 1.29 is 22.6 Å². The van der Waals surface area contributed by atoms with Gasteiger partial charge in [0.15, 0.2) is 0 Å². The molecule has 0 amide bonds. The molecule has 3 nitrogen and oxygen atoms in total. The van der Waals surface area contributed by atoms with Gasteiger partial charge < -0.3 is 14.8 Å². The van der Waals surface area contributed by atoms with E-state index >= 15 is 0 Å². The monoisotopic (exact) mass is 279 g/mol. The molecule has 0 radical (unpaired) electrons. The SMILES string of the molecule is CCNCCOC.COc1cccc(C(F)(F)F)c1. The minimum absolute atomic E-state index is 0.213. The van der Waals surface area contributed by atoms with Crippen LogP contribution in [0.2, 0.25) is 0 Å². The van der Waals surface area contributed by atoms with E-state index in [1.807, 2.05) is 0 Å². The lowest BCUT2D eigenvalue weighted by atomic mass is 10.2. The van der Waals surface area contributed by atoms with Crippen molar-refractivity contribution in [2.24, 2.45) is 0 Å². The Morgan fingerprint density at radius 1 is 1.21 bits per heavy atom. The highest BCUT2D eigenvalue weighted by molar-refractivity contribution is 5.29. The zero-order chi connectivity index (χ0) is 14.7. The summed E-state index contributed by atoms with van der Waals surface area (Å²) in [6, 6.07) is 4.74. The molecule has 0 aliphatic heterocycles. The van der Waals surface area contributed by atoms with Crippen molar-refractivity contribution in [3.8, 4) is 5.75 Å². The van der Waals surface area contributed by atoms with E-state index in [4.69, 9.17) is 4.74 Å². The Morgan fingerprint density at radius 2 is 1.89 bits per heavy atom. The number of nitrogens with one attached hydrogen (secondary N) is 1. The fraction of sp³-hybridized carbons (Fsp3) is 0.538. The average Bonchev–Trinajstić information content (AvgIpc) is 2.39. The van der Waals surface area contributed by atoms with E-state index in [0.29, 0.717) is 0 Å². The van der Waals surface area contributed by atoms with E-state index in [2.05, 4.69) is 17.0 Å². The maximum Gasteiger partial charge on any atom is 0.416 e. The molecule has 0 aromatic heterocycles. The summed E-state index contributed by atoms with van der Waals surface area (Å²) in [6.07, 6.45) is -4.30. The van der Waals surface area contributed by atoms with Crippen molar-refractivity contribution in [2.75, 3.05) is 33.9 Å². The van der Waals surface area contributed by atoms with Gasteiger partial charge in [-0.1, -0.05) is 13.0 Å². The molecule has 1 N–H and O–H groups in total. The van der Waals surface area contributed by atoms with Gasteiger partial charge in [0.05, 0.1) is 19.3 Å². The zero-order valence-corrected chi connectivity index (χ0v) is 11.4. The summed E-state index contributed by atoms with van der Waals surface area (Å²) in [5, 5.41) is 3.12. The minimum atomic E-state index is -4.30. The molecule has 6 heteroatoms. The van der Waals surface area contributed by atoms with Gasteiger partial charge in [-0.2, -0.15) is 13.2 Å². The zero-order valence-electron chi connectivity index (χ0n) is 11.4. The van der Waals surface area contributed by atoms with Crippen LogP contribution >= 0.6 is 0 Å². The van der Waals surface area contributed by atoms with Gasteiger partial charge in [0.2, 0.25) is 0 Å². The van der Waals surface area contributed by atoms with Crippen LogP contribution in [0, 0.1) is 0 Å². The lowest BCUT2D eigenvalue weighted by molar-refractivity contribution is -0.137. The number of alkyl halides is 3. The summed E-state index contributed by atoms with van der Waals surface area (Å²) in [7, 11) is 3.03. The first kappa shape index (κ1) is 17.7. The molecule has 0 fully saturated rings. The molecule has 0 saturated heterocycles. The quantitative estimate of drug-likeness (QED) is 0.841. The van der Waals surface area contributed by atoms with Crippen molar-refractivity contribution >= 4 is 0 Å². The summed E-state index contributed by atoms with van der Waals surface area (Å²) >= 11 is 0. The van der Waals surface area contributed by atoms with Crippen LogP contribution in [0.5, 0.6) is 5.75 Å². The molecule has 0 bridgehead atoms. The first-order chi connectivity index (χ1) is 8.95. The largest absolute Gasteiger partial charge is 0.497 e. The van der Waals surface area contributed by atoms with Gasteiger partial charge in [-0.15, -0.1) is 0 Å². The third kappa shape index (κ3) is 8.45. The van der Waals surface area contributed by atoms with Crippen LogP contribution in [0.4, 0.5) is 13.2 Å². The van der Waals surface area contributed by atoms with Gasteiger partial charge in [0.1, 0.15) is 5.75 Å². The van der Waals surface area contributed by atoms with Gasteiger partial charge in [-0.25, -0.2) is 0 Å². The normalized spacial score (nSPS) is 10.6. The highest BCUT2D eigenvalue weighted by Crippen LogP contribution is 2.30. The van der Waals surface area contributed by atoms with Crippen molar-refractivity contribution in [3.05, 3.63) is 29.8 Å². The molecule has 0 spiro atoms. The predicted molar refractivity (Wildman–Crippen MR) is 68.4 cm³/mol. The molecule has 1 aromatic rings. The minimum Gasteiger partial charge on any atom is -0.497 e. The molecule has 1 aromatic carbocycles. The number of likely N-dealkylation sites (N-methyl/N-ethyl adjacent to an activating group) is 1. The van der Waals surface area contributed by atoms with Crippen LogP contribution in [0.1, 0.15) is 12.5 Å². The van der Waals surface area contributed by atoms with E-state index in [-0.39, 0.29) is 5.75 Å².